The molecule has 3 rings (SSSR count). The van der Waals surface area contributed by atoms with E-state index in [1.807, 2.05) is 30.4 Å². The predicted octanol–water partition coefficient (Wildman–Crippen LogP) is -0.374. The molecule has 2 N–H and O–H groups in total. The lowest BCUT2D eigenvalue weighted by Gasteiger charge is -2.11. The minimum atomic E-state index is -0.298. The summed E-state index contributed by atoms with van der Waals surface area (Å²) in [6.07, 6.45) is 0.289. The molecule has 2 heterocycles. The number of quaternary nitrogens is 1. The molecule has 2 amide bonds. The highest BCUT2D eigenvalue weighted by atomic mass is 16.7. The van der Waals surface area contributed by atoms with Crippen molar-refractivity contribution in [3.63, 3.8) is 0 Å². The number of nitrogens with two attached hydrogens (primary N) is 1. The van der Waals surface area contributed by atoms with Crippen LogP contribution in [0.1, 0.15) is 18.9 Å². The number of hydrogen-bond donors (Lipinski definition) is 1. The lowest BCUT2D eigenvalue weighted by Crippen LogP contribution is -2.90. The van der Waals surface area contributed by atoms with Gasteiger partial charge in [0.2, 0.25) is 12.7 Å². The molecule has 1 aromatic rings. The average molecular weight is 277 g/mol. The van der Waals surface area contributed by atoms with Crippen LogP contribution in [0.2, 0.25) is 0 Å². The van der Waals surface area contributed by atoms with Crippen LogP contribution in [-0.2, 0) is 16.1 Å². The van der Waals surface area contributed by atoms with Crippen molar-refractivity contribution >= 4 is 11.8 Å². The van der Waals surface area contributed by atoms with Gasteiger partial charge in [-0.25, -0.2) is 0 Å². The van der Waals surface area contributed by atoms with Gasteiger partial charge in [-0.15, -0.1) is 0 Å². The lowest BCUT2D eigenvalue weighted by atomic mass is 10.1. The number of carbonyl (C=O) groups excluding carboxylic acids is 2. The van der Waals surface area contributed by atoms with Crippen LogP contribution >= 0.6 is 0 Å². The molecule has 0 aliphatic carbocycles. The molecule has 6 heteroatoms. The minimum Gasteiger partial charge on any atom is -0.454 e. The van der Waals surface area contributed by atoms with Crippen LogP contribution in [-0.4, -0.2) is 36.1 Å². The summed E-state index contributed by atoms with van der Waals surface area (Å²) in [6, 6.07) is 5.43. The highest BCUT2D eigenvalue weighted by molar-refractivity contribution is 6.04. The van der Waals surface area contributed by atoms with Gasteiger partial charge in [0.15, 0.2) is 17.5 Å². The zero-order chi connectivity index (χ0) is 14.1. The monoisotopic (exact) mass is 277 g/mol. The second-order valence-corrected chi connectivity index (χ2v) is 4.91. The van der Waals surface area contributed by atoms with Gasteiger partial charge in [0.1, 0.15) is 6.54 Å². The lowest BCUT2D eigenvalue weighted by molar-refractivity contribution is -0.690. The van der Waals surface area contributed by atoms with Gasteiger partial charge in [-0.2, -0.15) is 0 Å². The zero-order valence-electron chi connectivity index (χ0n) is 11.3. The number of rotatable bonds is 4. The number of likely N-dealkylation sites (N-methyl/N-ethyl adjacent to an activating group) is 1. The summed E-state index contributed by atoms with van der Waals surface area (Å²) in [7, 11) is 0. The Hall–Kier alpha value is -2.08. The smallest absolute Gasteiger partial charge is 0.287 e. The first-order chi connectivity index (χ1) is 9.69. The van der Waals surface area contributed by atoms with Crippen molar-refractivity contribution in [2.45, 2.75) is 25.9 Å². The molecule has 0 spiro atoms. The van der Waals surface area contributed by atoms with E-state index in [0.717, 1.165) is 17.1 Å². The van der Waals surface area contributed by atoms with E-state index in [1.165, 1.54) is 4.90 Å². The number of ether oxygens (including phenoxy) is 2. The molecule has 6 nitrogen and oxygen atoms in total. The minimum absolute atomic E-state index is 0.0792. The van der Waals surface area contributed by atoms with Crippen molar-refractivity contribution in [2.24, 2.45) is 0 Å². The fraction of sp³-hybridized carbons (Fsp3) is 0.429. The summed E-state index contributed by atoms with van der Waals surface area (Å²) in [6.45, 7) is 3.16. The maximum Gasteiger partial charge on any atom is 0.287 e. The molecule has 20 heavy (non-hydrogen) atoms. The van der Waals surface area contributed by atoms with Gasteiger partial charge in [0.05, 0.1) is 6.42 Å². The van der Waals surface area contributed by atoms with Gasteiger partial charge in [0, 0.05) is 12.1 Å². The van der Waals surface area contributed by atoms with Crippen molar-refractivity contribution in [2.75, 3.05) is 13.3 Å². The third-order valence-electron chi connectivity index (χ3n) is 3.67. The quantitative estimate of drug-likeness (QED) is 0.762. The Balaban J connectivity index is 1.63. The Bertz CT molecular complexity index is 558. The van der Waals surface area contributed by atoms with Gasteiger partial charge in [0.25, 0.3) is 5.91 Å². The van der Waals surface area contributed by atoms with Crippen molar-refractivity contribution in [1.82, 2.24) is 4.90 Å². The van der Waals surface area contributed by atoms with Crippen molar-refractivity contribution in [3.05, 3.63) is 23.8 Å². The average Bonchev–Trinajstić information content (AvgIpc) is 3.00. The van der Waals surface area contributed by atoms with Crippen LogP contribution in [0.25, 0.3) is 0 Å². The highest BCUT2D eigenvalue weighted by Gasteiger charge is 2.40. The second kappa shape index (κ2) is 5.13. The van der Waals surface area contributed by atoms with E-state index in [1.54, 1.807) is 0 Å². The SMILES string of the molecule is CCN1C(=O)C[C@@H]([NH2+]Cc2ccc3c(c2)OCO3)C1=O. The third kappa shape index (κ3) is 2.22. The summed E-state index contributed by atoms with van der Waals surface area (Å²) in [4.78, 5) is 24.9. The topological polar surface area (TPSA) is 72.5 Å². The number of hydrogen-bond acceptors (Lipinski definition) is 4. The van der Waals surface area contributed by atoms with Crippen molar-refractivity contribution in [1.29, 1.82) is 0 Å². The summed E-state index contributed by atoms with van der Waals surface area (Å²) in [5.74, 6) is 1.32. The predicted molar refractivity (Wildman–Crippen MR) is 69.0 cm³/mol. The van der Waals surface area contributed by atoms with E-state index in [9.17, 15) is 9.59 Å². The Labute approximate surface area is 116 Å². The summed E-state index contributed by atoms with van der Waals surface area (Å²) >= 11 is 0. The number of fused-ring (bicyclic) bond motifs is 1. The molecular weight excluding hydrogens is 260 g/mol. The standard InChI is InChI=1S/C14H16N2O4/c1-2-16-13(17)6-10(14(16)18)15-7-9-3-4-11-12(5-9)20-8-19-11/h3-5,10,15H,2,6-8H2,1H3/p+1/t10-/m1/s1. The highest BCUT2D eigenvalue weighted by Crippen LogP contribution is 2.32. The molecule has 0 bridgehead atoms. The summed E-state index contributed by atoms with van der Waals surface area (Å²) in [5.41, 5.74) is 1.05. The third-order valence-corrected chi connectivity index (χ3v) is 3.67. The zero-order valence-corrected chi connectivity index (χ0v) is 11.3. The van der Waals surface area contributed by atoms with Crippen LogP contribution in [0.15, 0.2) is 18.2 Å². The molecule has 2 aliphatic heterocycles. The largest absolute Gasteiger partial charge is 0.454 e. The molecule has 1 atom stereocenters. The normalized spacial score (nSPS) is 20.9. The molecule has 0 radical (unpaired) electrons. The second-order valence-electron chi connectivity index (χ2n) is 4.91. The maximum absolute atomic E-state index is 12.0. The first kappa shape index (κ1) is 12.9. The van der Waals surface area contributed by atoms with E-state index in [-0.39, 0.29) is 31.1 Å². The fourth-order valence-corrected chi connectivity index (χ4v) is 2.57. The summed E-state index contributed by atoms with van der Waals surface area (Å²) in [5, 5.41) is 1.91. The van der Waals surface area contributed by atoms with Crippen LogP contribution < -0.4 is 14.8 Å². The van der Waals surface area contributed by atoms with Crippen LogP contribution in [0, 0.1) is 0 Å². The van der Waals surface area contributed by atoms with Crippen LogP contribution in [0.4, 0.5) is 0 Å². The van der Waals surface area contributed by atoms with E-state index in [2.05, 4.69) is 0 Å². The maximum atomic E-state index is 12.0. The summed E-state index contributed by atoms with van der Waals surface area (Å²) < 4.78 is 10.6. The Morgan fingerprint density at radius 3 is 2.85 bits per heavy atom. The number of amides is 2. The van der Waals surface area contributed by atoms with Crippen LogP contribution in [0.5, 0.6) is 11.5 Å². The van der Waals surface area contributed by atoms with E-state index < -0.39 is 0 Å². The Morgan fingerprint density at radius 2 is 2.10 bits per heavy atom. The van der Waals surface area contributed by atoms with E-state index in [0.29, 0.717) is 13.1 Å². The Morgan fingerprint density at radius 1 is 1.30 bits per heavy atom. The van der Waals surface area contributed by atoms with E-state index >= 15 is 0 Å². The van der Waals surface area contributed by atoms with Gasteiger partial charge in [-0.3, -0.25) is 14.5 Å². The van der Waals surface area contributed by atoms with Gasteiger partial charge >= 0.3 is 0 Å². The van der Waals surface area contributed by atoms with Gasteiger partial charge < -0.3 is 14.8 Å². The van der Waals surface area contributed by atoms with Crippen LogP contribution in [0.3, 0.4) is 0 Å². The van der Waals surface area contributed by atoms with Crippen molar-refractivity contribution < 1.29 is 24.4 Å². The fourth-order valence-electron chi connectivity index (χ4n) is 2.57. The molecule has 106 valence electrons. The van der Waals surface area contributed by atoms with Crippen molar-refractivity contribution in [3.8, 4) is 11.5 Å². The molecule has 1 aromatic carbocycles. The molecular formula is C14H17N2O4+. The van der Waals surface area contributed by atoms with Gasteiger partial charge in [-0.1, -0.05) is 0 Å². The number of benzene rings is 1. The number of nitrogens with zero attached hydrogens (tertiary/aromatic N) is 1. The molecule has 2 aliphatic rings. The van der Waals surface area contributed by atoms with Gasteiger partial charge in [-0.05, 0) is 25.1 Å². The number of likely N-dealkylation sites (tertiary alicyclic amines) is 1. The number of imide groups is 1. The molecule has 0 saturated carbocycles. The number of carbonyl (C=O) groups is 2. The molecule has 1 saturated heterocycles. The molecule has 0 unspecified atom stereocenters. The molecule has 1 fully saturated rings. The molecule has 0 aromatic heterocycles. The first-order valence-electron chi connectivity index (χ1n) is 6.75. The Kier molecular flexibility index (Phi) is 3.31. The first-order valence-corrected chi connectivity index (χ1v) is 6.75. The van der Waals surface area contributed by atoms with E-state index in [4.69, 9.17) is 9.47 Å².